The number of rotatable bonds is 6. The third-order valence-corrected chi connectivity index (χ3v) is 8.13. The van der Waals surface area contributed by atoms with E-state index >= 15 is 0 Å². The number of methoxy groups -OCH3 is 2. The highest BCUT2D eigenvalue weighted by Crippen LogP contribution is 2.40. The van der Waals surface area contributed by atoms with E-state index in [-0.39, 0.29) is 17.9 Å². The monoisotopic (exact) mass is 481 g/mol. The Morgan fingerprint density at radius 3 is 2.56 bits per heavy atom. The van der Waals surface area contributed by atoms with Gasteiger partial charge in [0.2, 0.25) is 5.91 Å². The highest BCUT2D eigenvalue weighted by molar-refractivity contribution is 7.09. The normalized spacial score (nSPS) is 20.9. The molecule has 180 valence electrons. The minimum atomic E-state index is -1.05. The lowest BCUT2D eigenvalue weighted by Gasteiger charge is -2.44. The molecule has 0 unspecified atom stereocenters. The number of nitrogens with one attached hydrogen (secondary N) is 1. The first-order chi connectivity index (χ1) is 16.5. The molecule has 0 bridgehead atoms. The van der Waals surface area contributed by atoms with Crippen molar-refractivity contribution in [2.75, 3.05) is 14.2 Å². The molecule has 2 amide bonds. The molecule has 1 fully saturated rings. The summed E-state index contributed by atoms with van der Waals surface area (Å²) in [6.45, 7) is 2.62. The fraction of sp³-hybridized carbons (Fsp3) is 0.462. The molecule has 5 rings (SSSR count). The van der Waals surface area contributed by atoms with Crippen LogP contribution in [0.25, 0.3) is 10.9 Å². The standard InChI is InChI=1S/C26H31N3O4S/c1-26(25(31)27-17-8-5-4-6-9-17)16-28-20(24(30)29(26)15-18-10-7-13-34-18)14-19-21(32-2)11-12-22(33-3)23(19)28/h7,10-14,17H,4-6,8-9,15-16H2,1-3H3,(H,27,31)/t26-/m0/s1. The number of thiophene rings is 1. The van der Waals surface area contributed by atoms with Crippen LogP contribution in [-0.2, 0) is 17.9 Å². The number of benzene rings is 1. The summed E-state index contributed by atoms with van der Waals surface area (Å²) in [5.41, 5.74) is 0.265. The second kappa shape index (κ2) is 8.98. The third-order valence-electron chi connectivity index (χ3n) is 7.27. The minimum absolute atomic E-state index is 0.0985. The largest absolute Gasteiger partial charge is 0.496 e. The van der Waals surface area contributed by atoms with E-state index in [0.29, 0.717) is 30.3 Å². The topological polar surface area (TPSA) is 72.8 Å². The molecule has 8 heteroatoms. The van der Waals surface area contributed by atoms with Gasteiger partial charge < -0.3 is 24.3 Å². The second-order valence-corrected chi connectivity index (χ2v) is 10.4. The molecule has 1 saturated carbocycles. The van der Waals surface area contributed by atoms with Gasteiger partial charge in [-0.05, 0) is 49.4 Å². The van der Waals surface area contributed by atoms with Crippen molar-refractivity contribution in [2.45, 2.75) is 63.7 Å². The van der Waals surface area contributed by atoms with Crippen molar-refractivity contribution in [1.29, 1.82) is 0 Å². The van der Waals surface area contributed by atoms with Gasteiger partial charge in [0.25, 0.3) is 5.91 Å². The van der Waals surface area contributed by atoms with Gasteiger partial charge in [0.15, 0.2) is 0 Å². The molecular formula is C26H31N3O4S. The SMILES string of the molecule is COc1ccc(OC)c2c1cc1n2C[C@@](C)(C(=O)NC2CCCCC2)N(Cc2cccs2)C1=O. The lowest BCUT2D eigenvalue weighted by Crippen LogP contribution is -2.64. The number of carbonyl (C=O) groups is 2. The molecule has 1 aliphatic carbocycles. The Kier molecular flexibility index (Phi) is 6.02. The van der Waals surface area contributed by atoms with Crippen molar-refractivity contribution in [3.63, 3.8) is 0 Å². The van der Waals surface area contributed by atoms with E-state index in [2.05, 4.69) is 5.32 Å². The predicted octanol–water partition coefficient (Wildman–Crippen LogP) is 4.58. The fourth-order valence-corrected chi connectivity index (χ4v) is 6.04. The Labute approximate surface area is 203 Å². The van der Waals surface area contributed by atoms with Gasteiger partial charge in [-0.3, -0.25) is 9.59 Å². The predicted molar refractivity (Wildman–Crippen MR) is 133 cm³/mol. The van der Waals surface area contributed by atoms with Crippen molar-refractivity contribution in [3.8, 4) is 11.5 Å². The van der Waals surface area contributed by atoms with Crippen molar-refractivity contribution < 1.29 is 19.1 Å². The molecule has 1 aromatic carbocycles. The molecule has 2 aliphatic rings. The maximum Gasteiger partial charge on any atom is 0.271 e. The zero-order valence-electron chi connectivity index (χ0n) is 19.9. The van der Waals surface area contributed by atoms with E-state index in [0.717, 1.165) is 41.5 Å². The molecule has 3 aromatic rings. The second-order valence-electron chi connectivity index (χ2n) is 9.40. The summed E-state index contributed by atoms with van der Waals surface area (Å²) in [4.78, 5) is 30.6. The fourth-order valence-electron chi connectivity index (χ4n) is 5.35. The first-order valence-corrected chi connectivity index (χ1v) is 12.7. The van der Waals surface area contributed by atoms with Crippen LogP contribution in [0.1, 0.15) is 54.4 Å². The third kappa shape index (κ3) is 3.74. The van der Waals surface area contributed by atoms with Gasteiger partial charge in [0.05, 0.1) is 32.8 Å². The Morgan fingerprint density at radius 1 is 1.15 bits per heavy atom. The molecule has 7 nitrogen and oxygen atoms in total. The molecule has 1 atom stereocenters. The lowest BCUT2D eigenvalue weighted by atomic mass is 9.91. The number of amides is 2. The van der Waals surface area contributed by atoms with Crippen LogP contribution < -0.4 is 14.8 Å². The molecule has 34 heavy (non-hydrogen) atoms. The molecule has 2 aromatic heterocycles. The maximum absolute atomic E-state index is 14.0. The zero-order chi connectivity index (χ0) is 23.9. The zero-order valence-corrected chi connectivity index (χ0v) is 20.7. The van der Waals surface area contributed by atoms with E-state index in [1.165, 1.54) is 6.42 Å². The van der Waals surface area contributed by atoms with Crippen molar-refractivity contribution in [1.82, 2.24) is 14.8 Å². The van der Waals surface area contributed by atoms with E-state index in [1.54, 1.807) is 30.5 Å². The number of carbonyl (C=O) groups excluding carboxylic acids is 2. The van der Waals surface area contributed by atoms with Gasteiger partial charge in [0.1, 0.15) is 22.7 Å². The van der Waals surface area contributed by atoms with Crippen molar-refractivity contribution >= 4 is 34.1 Å². The summed E-state index contributed by atoms with van der Waals surface area (Å²) in [5, 5.41) is 6.08. The lowest BCUT2D eigenvalue weighted by molar-refractivity contribution is -0.134. The first-order valence-electron chi connectivity index (χ1n) is 11.9. The summed E-state index contributed by atoms with van der Waals surface area (Å²) in [7, 11) is 3.23. The number of ether oxygens (including phenoxy) is 2. The average Bonchev–Trinajstić information content (AvgIpc) is 3.50. The molecule has 3 heterocycles. The number of aromatic nitrogens is 1. The van der Waals surface area contributed by atoms with Crippen molar-refractivity contribution in [2.24, 2.45) is 0 Å². The van der Waals surface area contributed by atoms with Gasteiger partial charge >= 0.3 is 0 Å². The van der Waals surface area contributed by atoms with Crippen LogP contribution in [0.2, 0.25) is 0 Å². The van der Waals surface area contributed by atoms with E-state index in [1.807, 2.05) is 47.2 Å². The van der Waals surface area contributed by atoms with E-state index < -0.39 is 5.54 Å². The highest BCUT2D eigenvalue weighted by atomic mass is 32.1. The molecule has 0 radical (unpaired) electrons. The number of hydrogen-bond donors (Lipinski definition) is 1. The summed E-state index contributed by atoms with van der Waals surface area (Å²) in [6, 6.07) is 9.69. The van der Waals surface area contributed by atoms with Crippen LogP contribution in [-0.4, -0.2) is 47.1 Å². The Bertz CT molecular complexity index is 1210. The maximum atomic E-state index is 14.0. The molecule has 1 aliphatic heterocycles. The Morgan fingerprint density at radius 2 is 1.88 bits per heavy atom. The van der Waals surface area contributed by atoms with Gasteiger partial charge in [0, 0.05) is 16.3 Å². The van der Waals surface area contributed by atoms with Crippen molar-refractivity contribution in [3.05, 3.63) is 46.3 Å². The van der Waals surface area contributed by atoms with Crippen LogP contribution in [0.5, 0.6) is 11.5 Å². The molecule has 0 saturated heterocycles. The summed E-state index contributed by atoms with van der Waals surface area (Å²) in [5.74, 6) is 1.06. The molecule has 0 spiro atoms. The van der Waals surface area contributed by atoms with Gasteiger partial charge in [-0.25, -0.2) is 0 Å². The highest BCUT2D eigenvalue weighted by Gasteiger charge is 2.48. The molecule has 1 N–H and O–H groups in total. The number of fused-ring (bicyclic) bond motifs is 3. The summed E-state index contributed by atoms with van der Waals surface area (Å²) >= 11 is 1.59. The quantitative estimate of drug-likeness (QED) is 0.559. The minimum Gasteiger partial charge on any atom is -0.496 e. The van der Waals surface area contributed by atoms with Crippen LogP contribution >= 0.6 is 11.3 Å². The number of hydrogen-bond acceptors (Lipinski definition) is 5. The van der Waals surface area contributed by atoms with Crippen LogP contribution in [0.4, 0.5) is 0 Å². The van der Waals surface area contributed by atoms with Gasteiger partial charge in [-0.15, -0.1) is 11.3 Å². The van der Waals surface area contributed by atoms with Gasteiger partial charge in [-0.1, -0.05) is 25.3 Å². The first kappa shape index (κ1) is 22.8. The average molecular weight is 482 g/mol. The Balaban J connectivity index is 1.61. The van der Waals surface area contributed by atoms with Crippen LogP contribution in [0, 0.1) is 0 Å². The van der Waals surface area contributed by atoms with Crippen LogP contribution in [0.15, 0.2) is 35.7 Å². The smallest absolute Gasteiger partial charge is 0.271 e. The Hall–Kier alpha value is -3.00. The summed E-state index contributed by atoms with van der Waals surface area (Å²) < 4.78 is 13.2. The number of nitrogens with zero attached hydrogens (tertiary/aromatic N) is 2. The van der Waals surface area contributed by atoms with Crippen LogP contribution in [0.3, 0.4) is 0 Å². The van der Waals surface area contributed by atoms with E-state index in [4.69, 9.17) is 9.47 Å². The summed E-state index contributed by atoms with van der Waals surface area (Å²) in [6.07, 6.45) is 5.45. The van der Waals surface area contributed by atoms with E-state index in [9.17, 15) is 9.59 Å². The molecular weight excluding hydrogens is 450 g/mol. The van der Waals surface area contributed by atoms with Gasteiger partial charge in [-0.2, -0.15) is 0 Å².